The van der Waals surface area contributed by atoms with Gasteiger partial charge in [-0.2, -0.15) is 0 Å². The third-order valence-electron chi connectivity index (χ3n) is 3.18. The Bertz CT molecular complexity index is 645. The number of nitrogens with zero attached hydrogens (tertiary/aromatic N) is 1. The molecule has 21 heavy (non-hydrogen) atoms. The van der Waals surface area contributed by atoms with Crippen LogP contribution in [0.2, 0.25) is 0 Å². The second-order valence-electron chi connectivity index (χ2n) is 4.94. The Morgan fingerprint density at radius 3 is 2.67 bits per heavy atom. The Labute approximate surface area is 136 Å². The van der Waals surface area contributed by atoms with Crippen LogP contribution in [0.5, 0.6) is 0 Å². The van der Waals surface area contributed by atoms with E-state index >= 15 is 0 Å². The van der Waals surface area contributed by atoms with Gasteiger partial charge in [-0.15, -0.1) is 0 Å². The molecule has 0 fully saturated rings. The van der Waals surface area contributed by atoms with Gasteiger partial charge in [-0.25, -0.2) is 4.39 Å². The Morgan fingerprint density at radius 2 is 2.10 bits per heavy atom. The molecule has 0 saturated carbocycles. The Kier molecular flexibility index (Phi) is 4.63. The maximum Gasteiger partial charge on any atom is 0.253 e. The molecule has 1 unspecified atom stereocenters. The minimum absolute atomic E-state index is 0.125. The van der Waals surface area contributed by atoms with Crippen LogP contribution in [0.25, 0.3) is 0 Å². The summed E-state index contributed by atoms with van der Waals surface area (Å²) in [5, 5.41) is 6.46. The van der Waals surface area contributed by atoms with Crippen molar-refractivity contribution in [3.63, 3.8) is 0 Å². The number of carbonyl (C=O) groups is 1. The zero-order valence-electron chi connectivity index (χ0n) is 11.8. The summed E-state index contributed by atoms with van der Waals surface area (Å²) in [4.78, 5) is 13.9. The quantitative estimate of drug-likeness (QED) is 0.783. The van der Waals surface area contributed by atoms with Gasteiger partial charge in [0.2, 0.25) is 0 Å². The normalized spacial score (nSPS) is 18.1. The van der Waals surface area contributed by atoms with Crippen molar-refractivity contribution >= 4 is 39.2 Å². The topological polar surface area (TPSA) is 44.4 Å². The molecule has 1 amide bonds. The summed E-state index contributed by atoms with van der Waals surface area (Å²) in [6, 6.07) is 4.24. The summed E-state index contributed by atoms with van der Waals surface area (Å²) in [5.41, 5.74) is 2.02. The van der Waals surface area contributed by atoms with Crippen LogP contribution in [-0.2, 0) is 4.79 Å². The second-order valence-corrected chi connectivity index (χ2v) is 6.21. The van der Waals surface area contributed by atoms with Gasteiger partial charge < -0.3 is 15.5 Å². The minimum atomic E-state index is -0.412. The number of nitrogens with one attached hydrogen (secondary N) is 2. The molecule has 7 heteroatoms. The fraction of sp³-hybridized carbons (Fsp3) is 0.286. The van der Waals surface area contributed by atoms with E-state index in [-0.39, 0.29) is 11.7 Å². The van der Waals surface area contributed by atoms with E-state index in [2.05, 4.69) is 26.6 Å². The van der Waals surface area contributed by atoms with E-state index in [0.29, 0.717) is 20.9 Å². The van der Waals surface area contributed by atoms with Crippen molar-refractivity contribution < 1.29 is 9.18 Å². The number of carbonyl (C=O) groups excluding carboxylic acids is 1. The maximum absolute atomic E-state index is 13.4. The van der Waals surface area contributed by atoms with Crippen LogP contribution in [0.1, 0.15) is 18.5 Å². The van der Waals surface area contributed by atoms with E-state index in [0.717, 1.165) is 5.56 Å². The number of allylic oxidation sites excluding steroid dienone is 1. The largest absolute Gasteiger partial charge is 0.351 e. The first-order chi connectivity index (χ1) is 9.81. The highest BCUT2D eigenvalue weighted by Crippen LogP contribution is 2.30. The predicted octanol–water partition coefficient (Wildman–Crippen LogP) is 2.47. The Balaban J connectivity index is 2.52. The molecule has 0 radical (unpaired) electrons. The van der Waals surface area contributed by atoms with Crippen LogP contribution in [0.15, 0.2) is 33.9 Å². The van der Waals surface area contributed by atoms with E-state index in [1.807, 2.05) is 0 Å². The SMILES string of the molecule is CC1=C(C(=O)N(C)C)C(c2ccc(F)c(Br)c2)NC(=S)N1. The predicted molar refractivity (Wildman–Crippen MR) is 87.1 cm³/mol. The molecule has 0 aliphatic carbocycles. The van der Waals surface area contributed by atoms with Gasteiger partial charge >= 0.3 is 0 Å². The maximum atomic E-state index is 13.4. The molecule has 2 rings (SSSR count). The van der Waals surface area contributed by atoms with Crippen LogP contribution < -0.4 is 10.6 Å². The summed E-state index contributed by atoms with van der Waals surface area (Å²) in [5.74, 6) is -0.475. The molecule has 4 nitrogen and oxygen atoms in total. The Morgan fingerprint density at radius 1 is 1.43 bits per heavy atom. The third-order valence-corrected chi connectivity index (χ3v) is 4.01. The number of amides is 1. The number of rotatable bonds is 2. The lowest BCUT2D eigenvalue weighted by atomic mass is 9.94. The molecule has 1 aromatic rings. The molecule has 2 N–H and O–H groups in total. The van der Waals surface area contributed by atoms with Gasteiger partial charge in [-0.05, 0) is 52.8 Å². The highest BCUT2D eigenvalue weighted by Gasteiger charge is 2.30. The highest BCUT2D eigenvalue weighted by molar-refractivity contribution is 9.10. The number of hydrogen-bond donors (Lipinski definition) is 2. The zero-order valence-corrected chi connectivity index (χ0v) is 14.2. The van der Waals surface area contributed by atoms with E-state index in [4.69, 9.17) is 12.2 Å². The Hall–Kier alpha value is -1.47. The van der Waals surface area contributed by atoms with E-state index in [9.17, 15) is 9.18 Å². The first-order valence-electron chi connectivity index (χ1n) is 6.26. The molecule has 1 aliphatic rings. The summed E-state index contributed by atoms with van der Waals surface area (Å²) in [6.45, 7) is 1.80. The molecule has 0 aromatic heterocycles. The number of halogens is 2. The molecule has 1 aliphatic heterocycles. The number of likely N-dealkylation sites (N-methyl/N-ethyl adjacent to an activating group) is 1. The molecular formula is C14H15BrFN3OS. The summed E-state index contributed by atoms with van der Waals surface area (Å²) in [7, 11) is 3.38. The van der Waals surface area contributed by atoms with Crippen LogP contribution >= 0.6 is 28.1 Å². The van der Waals surface area contributed by atoms with E-state index < -0.39 is 6.04 Å². The fourth-order valence-electron chi connectivity index (χ4n) is 2.16. The van der Waals surface area contributed by atoms with Crippen molar-refractivity contribution in [1.29, 1.82) is 0 Å². The standard InChI is InChI=1S/C14H15BrFN3OS/c1-7-11(13(20)19(2)3)12(18-14(21)17-7)8-4-5-10(16)9(15)6-8/h4-6,12H,1-3H3,(H2,17,18,21). The average molecular weight is 372 g/mol. The van der Waals surface area contributed by atoms with Crippen LogP contribution in [0.3, 0.4) is 0 Å². The van der Waals surface area contributed by atoms with Crippen molar-refractivity contribution in [2.24, 2.45) is 0 Å². The number of thiocarbonyl (C=S) groups is 1. The van der Waals surface area contributed by atoms with Crippen LogP contribution in [0, 0.1) is 5.82 Å². The van der Waals surface area contributed by atoms with Gasteiger partial charge in [0.15, 0.2) is 5.11 Å². The first kappa shape index (κ1) is 15.9. The minimum Gasteiger partial charge on any atom is -0.351 e. The van der Waals surface area contributed by atoms with Crippen molar-refractivity contribution in [2.75, 3.05) is 14.1 Å². The van der Waals surface area contributed by atoms with E-state index in [1.165, 1.54) is 11.0 Å². The molecule has 0 saturated heterocycles. The highest BCUT2D eigenvalue weighted by atomic mass is 79.9. The number of hydrogen-bond acceptors (Lipinski definition) is 2. The fourth-order valence-corrected chi connectivity index (χ4v) is 2.83. The van der Waals surface area contributed by atoms with Gasteiger partial charge in [-0.3, -0.25) is 4.79 Å². The van der Waals surface area contributed by atoms with E-state index in [1.54, 1.807) is 33.2 Å². The zero-order chi connectivity index (χ0) is 15.7. The third kappa shape index (κ3) is 3.24. The smallest absolute Gasteiger partial charge is 0.253 e. The van der Waals surface area contributed by atoms with Crippen LogP contribution in [-0.4, -0.2) is 30.0 Å². The average Bonchev–Trinajstić information content (AvgIpc) is 2.40. The molecule has 0 spiro atoms. The van der Waals surface area contributed by atoms with Crippen molar-refractivity contribution in [1.82, 2.24) is 15.5 Å². The first-order valence-corrected chi connectivity index (χ1v) is 7.46. The molecule has 112 valence electrons. The summed E-state index contributed by atoms with van der Waals surface area (Å²) in [6.07, 6.45) is 0. The summed E-state index contributed by atoms with van der Waals surface area (Å²) >= 11 is 8.32. The summed E-state index contributed by atoms with van der Waals surface area (Å²) < 4.78 is 13.8. The van der Waals surface area contributed by atoms with Crippen molar-refractivity contribution in [2.45, 2.75) is 13.0 Å². The second kappa shape index (κ2) is 6.11. The molecular weight excluding hydrogens is 357 g/mol. The van der Waals surface area contributed by atoms with Gasteiger partial charge in [0.25, 0.3) is 5.91 Å². The molecule has 1 heterocycles. The van der Waals surface area contributed by atoms with Gasteiger partial charge in [0.1, 0.15) is 5.82 Å². The molecule has 0 bridgehead atoms. The van der Waals surface area contributed by atoms with Gasteiger partial charge in [0.05, 0.1) is 16.1 Å². The van der Waals surface area contributed by atoms with Crippen molar-refractivity contribution in [3.8, 4) is 0 Å². The molecule has 1 aromatic carbocycles. The van der Waals surface area contributed by atoms with Crippen molar-refractivity contribution in [3.05, 3.63) is 45.3 Å². The lowest BCUT2D eigenvalue weighted by molar-refractivity contribution is -0.125. The lowest BCUT2D eigenvalue weighted by Crippen LogP contribution is -2.46. The van der Waals surface area contributed by atoms with Gasteiger partial charge in [-0.1, -0.05) is 6.07 Å². The van der Waals surface area contributed by atoms with Gasteiger partial charge in [0, 0.05) is 19.8 Å². The van der Waals surface area contributed by atoms with Crippen LogP contribution in [0.4, 0.5) is 4.39 Å². The lowest BCUT2D eigenvalue weighted by Gasteiger charge is -2.31. The number of benzene rings is 1. The molecule has 1 atom stereocenters. The monoisotopic (exact) mass is 371 g/mol.